The lowest BCUT2D eigenvalue weighted by Gasteiger charge is -2.18. The van der Waals surface area contributed by atoms with Crippen LogP contribution in [-0.4, -0.2) is 27.6 Å². The number of aryl methyl sites for hydroxylation is 2. The zero-order valence-corrected chi connectivity index (χ0v) is 13.5. The first-order chi connectivity index (χ1) is 9.52. The van der Waals surface area contributed by atoms with Gasteiger partial charge in [-0.05, 0) is 24.1 Å². The zero-order chi connectivity index (χ0) is 14.7. The number of halogens is 1. The van der Waals surface area contributed by atoms with E-state index in [0.29, 0.717) is 12.2 Å². The van der Waals surface area contributed by atoms with E-state index in [9.17, 15) is 4.79 Å². The van der Waals surface area contributed by atoms with E-state index in [4.69, 9.17) is 0 Å². The minimum Gasteiger partial charge on any atom is -0.336 e. The molecular weight excluding hydrogens is 318 g/mol. The molecule has 0 aliphatic heterocycles. The molecule has 20 heavy (non-hydrogen) atoms. The molecule has 0 radical (unpaired) electrons. The number of nitrogens with zero attached hydrogens (tertiary/aromatic N) is 3. The molecule has 1 heterocycles. The minimum atomic E-state index is -0.0181. The number of benzene rings is 1. The smallest absolute Gasteiger partial charge is 0.272 e. The molecular formula is C15H18BrN3O. The molecule has 0 N–H and O–H groups in total. The predicted molar refractivity (Wildman–Crippen MR) is 82.5 cm³/mol. The summed E-state index contributed by atoms with van der Waals surface area (Å²) in [5, 5.41) is 4.32. The number of amides is 1. The summed E-state index contributed by atoms with van der Waals surface area (Å²) in [4.78, 5) is 14.2. The van der Waals surface area contributed by atoms with E-state index in [-0.39, 0.29) is 5.91 Å². The van der Waals surface area contributed by atoms with E-state index in [0.717, 1.165) is 22.2 Å². The van der Waals surface area contributed by atoms with Gasteiger partial charge in [0.25, 0.3) is 5.91 Å². The normalized spacial score (nSPS) is 10.6. The van der Waals surface area contributed by atoms with Gasteiger partial charge in [0.2, 0.25) is 0 Å². The molecule has 0 bridgehead atoms. The predicted octanol–water partition coefficient (Wildman–Crippen LogP) is 3.02. The van der Waals surface area contributed by atoms with Gasteiger partial charge >= 0.3 is 0 Å². The molecule has 2 aromatic rings. The van der Waals surface area contributed by atoms with Gasteiger partial charge in [0.05, 0.1) is 5.69 Å². The van der Waals surface area contributed by atoms with Crippen molar-refractivity contribution >= 4 is 21.8 Å². The fourth-order valence-corrected chi connectivity index (χ4v) is 2.46. The molecule has 2 rings (SSSR count). The van der Waals surface area contributed by atoms with E-state index in [1.54, 1.807) is 23.7 Å². The average Bonchev–Trinajstić information content (AvgIpc) is 2.81. The Morgan fingerprint density at radius 3 is 2.70 bits per heavy atom. The average molecular weight is 336 g/mol. The molecule has 0 saturated carbocycles. The van der Waals surface area contributed by atoms with Gasteiger partial charge in [0.1, 0.15) is 5.69 Å². The second kappa shape index (κ2) is 6.22. The summed E-state index contributed by atoms with van der Waals surface area (Å²) in [6.07, 6.45) is 0.828. The Kier molecular flexibility index (Phi) is 4.60. The lowest BCUT2D eigenvalue weighted by atomic mass is 10.2. The van der Waals surface area contributed by atoms with Crippen LogP contribution in [0.5, 0.6) is 0 Å². The van der Waals surface area contributed by atoms with Crippen molar-refractivity contribution in [2.45, 2.75) is 19.9 Å². The highest BCUT2D eigenvalue weighted by molar-refractivity contribution is 9.10. The summed E-state index contributed by atoms with van der Waals surface area (Å²) >= 11 is 3.50. The van der Waals surface area contributed by atoms with Crippen LogP contribution < -0.4 is 0 Å². The lowest BCUT2D eigenvalue weighted by Crippen LogP contribution is -2.28. The second-order valence-corrected chi connectivity index (χ2v) is 5.61. The number of rotatable bonds is 4. The van der Waals surface area contributed by atoms with Crippen molar-refractivity contribution in [3.63, 3.8) is 0 Å². The zero-order valence-electron chi connectivity index (χ0n) is 11.9. The van der Waals surface area contributed by atoms with Crippen LogP contribution in [0.25, 0.3) is 0 Å². The van der Waals surface area contributed by atoms with Crippen LogP contribution in [0.1, 0.15) is 28.7 Å². The summed E-state index contributed by atoms with van der Waals surface area (Å²) in [7, 11) is 3.61. The topological polar surface area (TPSA) is 38.1 Å². The van der Waals surface area contributed by atoms with Crippen LogP contribution in [0, 0.1) is 0 Å². The maximum atomic E-state index is 12.5. The van der Waals surface area contributed by atoms with Crippen molar-refractivity contribution in [1.82, 2.24) is 14.7 Å². The quantitative estimate of drug-likeness (QED) is 0.861. The summed E-state index contributed by atoms with van der Waals surface area (Å²) in [6, 6.07) is 9.78. The van der Waals surface area contributed by atoms with Crippen LogP contribution in [0.4, 0.5) is 0 Å². The summed E-state index contributed by atoms with van der Waals surface area (Å²) in [5.74, 6) is -0.0181. The van der Waals surface area contributed by atoms with E-state index < -0.39 is 0 Å². The summed E-state index contributed by atoms with van der Waals surface area (Å²) in [6.45, 7) is 2.59. The second-order valence-electron chi connectivity index (χ2n) is 4.75. The molecule has 0 spiro atoms. The third kappa shape index (κ3) is 3.10. The van der Waals surface area contributed by atoms with Gasteiger partial charge in [-0.15, -0.1) is 0 Å². The number of carbonyl (C=O) groups is 1. The van der Waals surface area contributed by atoms with Gasteiger partial charge < -0.3 is 4.90 Å². The van der Waals surface area contributed by atoms with Crippen molar-refractivity contribution < 1.29 is 4.79 Å². The van der Waals surface area contributed by atoms with Crippen molar-refractivity contribution in [3.05, 3.63) is 51.8 Å². The number of aromatic nitrogens is 2. The SMILES string of the molecule is CCc1cc(C(=O)N(C)Cc2ccccc2Br)n(C)n1. The Morgan fingerprint density at radius 1 is 1.40 bits per heavy atom. The maximum absolute atomic E-state index is 12.5. The van der Waals surface area contributed by atoms with Crippen LogP contribution in [0.3, 0.4) is 0 Å². The van der Waals surface area contributed by atoms with Crippen LogP contribution in [0.15, 0.2) is 34.8 Å². The molecule has 1 aromatic carbocycles. The molecule has 0 atom stereocenters. The Hall–Kier alpha value is -1.62. The number of hydrogen-bond donors (Lipinski definition) is 0. The Balaban J connectivity index is 2.16. The highest BCUT2D eigenvalue weighted by atomic mass is 79.9. The first-order valence-corrected chi connectivity index (χ1v) is 7.34. The molecule has 106 valence electrons. The highest BCUT2D eigenvalue weighted by Gasteiger charge is 2.17. The van der Waals surface area contributed by atoms with Crippen LogP contribution in [0.2, 0.25) is 0 Å². The molecule has 4 nitrogen and oxygen atoms in total. The minimum absolute atomic E-state index is 0.0181. The molecule has 0 fully saturated rings. The van der Waals surface area contributed by atoms with Gasteiger partial charge in [-0.1, -0.05) is 41.1 Å². The van der Waals surface area contributed by atoms with E-state index >= 15 is 0 Å². The van der Waals surface area contributed by atoms with E-state index in [1.807, 2.05) is 37.3 Å². The molecule has 0 aliphatic carbocycles. The lowest BCUT2D eigenvalue weighted by molar-refractivity contribution is 0.0774. The maximum Gasteiger partial charge on any atom is 0.272 e. The first kappa shape index (κ1) is 14.8. The Labute approximate surface area is 127 Å². The monoisotopic (exact) mass is 335 g/mol. The molecule has 0 aliphatic rings. The fraction of sp³-hybridized carbons (Fsp3) is 0.333. The summed E-state index contributed by atoms with van der Waals surface area (Å²) in [5.41, 5.74) is 2.64. The van der Waals surface area contributed by atoms with E-state index in [1.165, 1.54) is 0 Å². The molecule has 5 heteroatoms. The Bertz CT molecular complexity index is 621. The van der Waals surface area contributed by atoms with Gasteiger partial charge in [-0.3, -0.25) is 9.48 Å². The highest BCUT2D eigenvalue weighted by Crippen LogP contribution is 2.18. The van der Waals surface area contributed by atoms with Crippen molar-refractivity contribution in [2.75, 3.05) is 7.05 Å². The molecule has 1 aromatic heterocycles. The molecule has 0 unspecified atom stereocenters. The van der Waals surface area contributed by atoms with Gasteiger partial charge in [0.15, 0.2) is 0 Å². The summed E-state index contributed by atoms with van der Waals surface area (Å²) < 4.78 is 2.66. The van der Waals surface area contributed by atoms with E-state index in [2.05, 4.69) is 21.0 Å². The van der Waals surface area contributed by atoms with Crippen molar-refractivity contribution in [2.24, 2.45) is 7.05 Å². The number of carbonyl (C=O) groups excluding carboxylic acids is 1. The van der Waals surface area contributed by atoms with Gasteiger partial charge in [-0.25, -0.2) is 0 Å². The van der Waals surface area contributed by atoms with Crippen LogP contribution >= 0.6 is 15.9 Å². The first-order valence-electron chi connectivity index (χ1n) is 6.54. The number of hydrogen-bond acceptors (Lipinski definition) is 2. The van der Waals surface area contributed by atoms with Crippen LogP contribution in [-0.2, 0) is 20.0 Å². The molecule has 1 amide bonds. The largest absolute Gasteiger partial charge is 0.336 e. The third-order valence-electron chi connectivity index (χ3n) is 3.22. The standard InChI is InChI=1S/C15H18BrN3O/c1-4-12-9-14(19(3)17-12)15(20)18(2)10-11-7-5-6-8-13(11)16/h5-9H,4,10H2,1-3H3. The fourth-order valence-electron chi connectivity index (χ4n) is 2.05. The van der Waals surface area contributed by atoms with Gasteiger partial charge in [0, 0.05) is 25.1 Å². The third-order valence-corrected chi connectivity index (χ3v) is 4.00. The Morgan fingerprint density at radius 2 is 2.10 bits per heavy atom. The van der Waals surface area contributed by atoms with Crippen molar-refractivity contribution in [3.8, 4) is 0 Å². The molecule has 0 saturated heterocycles. The van der Waals surface area contributed by atoms with Gasteiger partial charge in [-0.2, -0.15) is 5.10 Å². The van der Waals surface area contributed by atoms with Crippen molar-refractivity contribution in [1.29, 1.82) is 0 Å².